The Bertz CT molecular complexity index is 626. The molecule has 0 heterocycles. The number of hydrogen-bond donors (Lipinski definition) is 0. The molecule has 0 N–H and O–H groups in total. The second-order valence-corrected chi connectivity index (χ2v) is 5.77. The zero-order valence-corrected chi connectivity index (χ0v) is 14.1. The summed E-state index contributed by atoms with van der Waals surface area (Å²) in [6, 6.07) is 16.4. The average Bonchev–Trinajstić information content (AvgIpc) is 2.50. The standard InChI is InChI=1S/C18H20N2OS/c1-13-5-9-15(10-6-13)17(19-21-18(22)20(3)4)16-11-7-14(2)8-12-16/h5-12H,1-4H3. The number of benzene rings is 2. The van der Waals surface area contributed by atoms with Gasteiger partial charge < -0.3 is 9.74 Å². The van der Waals surface area contributed by atoms with Crippen molar-refractivity contribution in [2.24, 2.45) is 5.16 Å². The third-order valence-corrected chi connectivity index (χ3v) is 3.67. The van der Waals surface area contributed by atoms with Crippen LogP contribution < -0.4 is 0 Å². The minimum atomic E-state index is 0.330. The van der Waals surface area contributed by atoms with E-state index < -0.39 is 0 Å². The first-order chi connectivity index (χ1) is 10.5. The minimum absolute atomic E-state index is 0.330. The Labute approximate surface area is 137 Å². The molecule has 0 amide bonds. The van der Waals surface area contributed by atoms with Gasteiger partial charge in [0, 0.05) is 25.2 Å². The highest BCUT2D eigenvalue weighted by atomic mass is 32.1. The first kappa shape index (κ1) is 16.2. The van der Waals surface area contributed by atoms with Crippen LogP contribution in [0.1, 0.15) is 22.3 Å². The van der Waals surface area contributed by atoms with Crippen molar-refractivity contribution in [3.63, 3.8) is 0 Å². The quantitative estimate of drug-likeness (QED) is 0.488. The fourth-order valence-electron chi connectivity index (χ4n) is 1.86. The molecule has 0 fully saturated rings. The Kier molecular flexibility index (Phi) is 5.28. The van der Waals surface area contributed by atoms with Gasteiger partial charge in [-0.15, -0.1) is 0 Å². The molecule has 3 nitrogen and oxygen atoms in total. The fourth-order valence-corrected chi connectivity index (χ4v) is 1.90. The summed E-state index contributed by atoms with van der Waals surface area (Å²) in [5.74, 6) is 0. The summed E-state index contributed by atoms with van der Waals surface area (Å²) in [4.78, 5) is 7.09. The summed E-state index contributed by atoms with van der Waals surface area (Å²) in [7, 11) is 3.66. The van der Waals surface area contributed by atoms with E-state index in [2.05, 4.69) is 43.3 Å². The van der Waals surface area contributed by atoms with Crippen LogP contribution in [0.2, 0.25) is 0 Å². The van der Waals surface area contributed by atoms with Crippen molar-refractivity contribution in [3.05, 3.63) is 70.8 Å². The molecule has 0 radical (unpaired) electrons. The molecule has 0 atom stereocenters. The van der Waals surface area contributed by atoms with E-state index in [4.69, 9.17) is 17.1 Å². The molecule has 0 saturated carbocycles. The molecular weight excluding hydrogens is 292 g/mol. The van der Waals surface area contributed by atoms with Gasteiger partial charge in [0.2, 0.25) is 0 Å². The maximum atomic E-state index is 5.38. The van der Waals surface area contributed by atoms with E-state index in [9.17, 15) is 0 Å². The van der Waals surface area contributed by atoms with Crippen LogP contribution in [0.4, 0.5) is 0 Å². The van der Waals surface area contributed by atoms with Crippen LogP contribution in [-0.4, -0.2) is 29.9 Å². The number of aryl methyl sites for hydroxylation is 2. The fraction of sp³-hybridized carbons (Fsp3) is 0.222. The molecule has 0 spiro atoms. The number of hydrogen-bond acceptors (Lipinski definition) is 3. The van der Waals surface area contributed by atoms with Gasteiger partial charge in [-0.05, 0) is 26.1 Å². The van der Waals surface area contributed by atoms with Gasteiger partial charge >= 0.3 is 0 Å². The van der Waals surface area contributed by atoms with E-state index in [1.807, 2.05) is 38.4 Å². The SMILES string of the molecule is Cc1ccc(C(=NOC(=S)N(C)C)c2ccc(C)cc2)cc1. The van der Waals surface area contributed by atoms with Gasteiger partial charge in [-0.2, -0.15) is 0 Å². The lowest BCUT2D eigenvalue weighted by Crippen LogP contribution is -2.21. The predicted molar refractivity (Wildman–Crippen MR) is 95.4 cm³/mol. The third kappa shape index (κ3) is 4.15. The second-order valence-electron chi connectivity index (χ2n) is 5.42. The molecule has 0 aliphatic rings. The highest BCUT2D eigenvalue weighted by Gasteiger charge is 2.09. The summed E-state index contributed by atoms with van der Waals surface area (Å²) in [6.45, 7) is 4.12. The molecule has 0 unspecified atom stereocenters. The highest BCUT2D eigenvalue weighted by molar-refractivity contribution is 7.79. The van der Waals surface area contributed by atoms with Crippen LogP contribution in [0.3, 0.4) is 0 Å². The van der Waals surface area contributed by atoms with Gasteiger partial charge in [0.1, 0.15) is 5.71 Å². The number of nitrogens with zero attached hydrogens (tertiary/aromatic N) is 2. The van der Waals surface area contributed by atoms with Gasteiger partial charge in [0.15, 0.2) is 0 Å². The smallest absolute Gasteiger partial charge is 0.291 e. The summed E-state index contributed by atoms with van der Waals surface area (Å²) in [6.07, 6.45) is 0. The number of oxime groups is 1. The van der Waals surface area contributed by atoms with E-state index in [1.165, 1.54) is 11.1 Å². The zero-order valence-electron chi connectivity index (χ0n) is 13.3. The van der Waals surface area contributed by atoms with Crippen molar-refractivity contribution in [2.75, 3.05) is 14.1 Å². The average molecular weight is 312 g/mol. The molecule has 114 valence electrons. The van der Waals surface area contributed by atoms with E-state index in [1.54, 1.807) is 4.90 Å². The lowest BCUT2D eigenvalue weighted by atomic mass is 10.0. The van der Waals surface area contributed by atoms with Crippen LogP contribution in [0.5, 0.6) is 0 Å². The topological polar surface area (TPSA) is 24.8 Å². The van der Waals surface area contributed by atoms with Crippen LogP contribution >= 0.6 is 12.2 Å². The van der Waals surface area contributed by atoms with Crippen molar-refractivity contribution >= 4 is 23.1 Å². The monoisotopic (exact) mass is 312 g/mol. The Morgan fingerprint density at radius 1 is 0.864 bits per heavy atom. The van der Waals surface area contributed by atoms with Crippen molar-refractivity contribution in [1.29, 1.82) is 0 Å². The molecule has 4 heteroatoms. The summed E-state index contributed by atoms with van der Waals surface area (Å²) in [5.41, 5.74) is 5.17. The largest absolute Gasteiger partial charge is 0.337 e. The maximum absolute atomic E-state index is 5.38. The van der Waals surface area contributed by atoms with E-state index >= 15 is 0 Å². The van der Waals surface area contributed by atoms with E-state index in [0.29, 0.717) is 5.17 Å². The maximum Gasteiger partial charge on any atom is 0.291 e. The molecule has 0 aromatic heterocycles. The molecule has 22 heavy (non-hydrogen) atoms. The number of rotatable bonds is 3. The number of thiocarbonyl (C=S) groups is 1. The molecule has 0 aliphatic carbocycles. The molecule has 0 aliphatic heterocycles. The molecule has 2 aromatic rings. The predicted octanol–water partition coefficient (Wildman–Crippen LogP) is 3.92. The van der Waals surface area contributed by atoms with E-state index in [0.717, 1.165) is 16.8 Å². The van der Waals surface area contributed by atoms with Gasteiger partial charge in [-0.3, -0.25) is 0 Å². The van der Waals surface area contributed by atoms with Crippen LogP contribution in [-0.2, 0) is 4.84 Å². The lowest BCUT2D eigenvalue weighted by molar-refractivity contribution is 0.287. The second kappa shape index (κ2) is 7.18. The van der Waals surface area contributed by atoms with Crippen molar-refractivity contribution < 1.29 is 4.84 Å². The third-order valence-electron chi connectivity index (χ3n) is 3.23. The van der Waals surface area contributed by atoms with Crippen LogP contribution in [0.25, 0.3) is 0 Å². The lowest BCUT2D eigenvalue weighted by Gasteiger charge is -2.12. The van der Waals surface area contributed by atoms with Gasteiger partial charge in [-0.1, -0.05) is 64.8 Å². The minimum Gasteiger partial charge on any atom is -0.337 e. The first-order valence-corrected chi connectivity index (χ1v) is 7.48. The highest BCUT2D eigenvalue weighted by Crippen LogP contribution is 2.14. The summed E-state index contributed by atoms with van der Waals surface area (Å²) < 4.78 is 0. The van der Waals surface area contributed by atoms with Crippen LogP contribution in [0.15, 0.2) is 53.7 Å². The first-order valence-electron chi connectivity index (χ1n) is 7.08. The van der Waals surface area contributed by atoms with Gasteiger partial charge in [-0.25, -0.2) is 0 Å². The molecule has 2 aromatic carbocycles. The Morgan fingerprint density at radius 2 is 1.27 bits per heavy atom. The summed E-state index contributed by atoms with van der Waals surface area (Å²) >= 11 is 5.13. The Morgan fingerprint density at radius 3 is 1.64 bits per heavy atom. The Balaban J connectivity index is 2.40. The van der Waals surface area contributed by atoms with Gasteiger partial charge in [0.25, 0.3) is 5.17 Å². The van der Waals surface area contributed by atoms with E-state index in [-0.39, 0.29) is 0 Å². The zero-order chi connectivity index (χ0) is 16.1. The molecule has 0 bridgehead atoms. The normalized spacial score (nSPS) is 10.0. The van der Waals surface area contributed by atoms with Gasteiger partial charge in [0.05, 0.1) is 0 Å². The molecule has 0 saturated heterocycles. The van der Waals surface area contributed by atoms with Crippen molar-refractivity contribution in [1.82, 2.24) is 4.90 Å². The van der Waals surface area contributed by atoms with Crippen LogP contribution in [0, 0.1) is 13.8 Å². The molecule has 2 rings (SSSR count). The van der Waals surface area contributed by atoms with Crippen molar-refractivity contribution in [2.45, 2.75) is 13.8 Å². The summed E-state index contributed by atoms with van der Waals surface area (Å²) in [5, 5.41) is 4.61. The van der Waals surface area contributed by atoms with Crippen molar-refractivity contribution in [3.8, 4) is 0 Å². The molecular formula is C18H20N2OS. The Hall–Kier alpha value is -2.20.